The summed E-state index contributed by atoms with van der Waals surface area (Å²) in [6.07, 6.45) is 1.52. The number of halogens is 1. The van der Waals surface area contributed by atoms with Gasteiger partial charge < -0.3 is 25.2 Å². The maximum Gasteiger partial charge on any atom is 0.267 e. The number of morpholine rings is 1. The first-order valence-electron chi connectivity index (χ1n) is 12.8. The molecule has 2 aromatic heterocycles. The van der Waals surface area contributed by atoms with Gasteiger partial charge in [-0.15, -0.1) is 0 Å². The molecule has 0 radical (unpaired) electrons. The number of anilines is 4. The topological polar surface area (TPSA) is 116 Å². The standard InChI is InChI=1S/C26H31ClN8O3S/c1-17-4-3-5-19(27)24(17)32-25(37)20-15-28-26(39-20)31-21-14-22(30-18(2)29-21)34-6-8-35(9-7-34)23(36)16-33-10-12-38-13-11-33/h3-5,14-15H,6-13,16H2,1-2H3,(H,32,37)(H,28,29,30,31). The molecule has 13 heteroatoms. The van der Waals surface area contributed by atoms with Crippen LogP contribution in [0.4, 0.5) is 22.5 Å². The number of ether oxygens (including phenoxy) is 1. The Kier molecular flexibility index (Phi) is 8.56. The zero-order valence-corrected chi connectivity index (χ0v) is 23.5. The number of nitrogens with zero attached hydrogens (tertiary/aromatic N) is 6. The third-order valence-electron chi connectivity index (χ3n) is 6.67. The molecule has 2 amide bonds. The normalized spacial score (nSPS) is 16.3. The highest BCUT2D eigenvalue weighted by Gasteiger charge is 2.25. The quantitative estimate of drug-likeness (QED) is 0.442. The van der Waals surface area contributed by atoms with Gasteiger partial charge in [0.05, 0.1) is 36.7 Å². The van der Waals surface area contributed by atoms with E-state index < -0.39 is 0 Å². The molecular weight excluding hydrogens is 540 g/mol. The molecule has 4 heterocycles. The minimum atomic E-state index is -0.280. The average Bonchev–Trinajstić information content (AvgIpc) is 3.39. The van der Waals surface area contributed by atoms with Gasteiger partial charge in [-0.3, -0.25) is 14.5 Å². The second kappa shape index (κ2) is 12.2. The number of aromatic nitrogens is 3. The number of hydrogen-bond acceptors (Lipinski definition) is 10. The van der Waals surface area contributed by atoms with Crippen LogP contribution in [0, 0.1) is 13.8 Å². The first-order valence-corrected chi connectivity index (χ1v) is 14.0. The van der Waals surface area contributed by atoms with Crippen LogP contribution in [0.3, 0.4) is 0 Å². The number of nitrogens with one attached hydrogen (secondary N) is 2. The fourth-order valence-corrected chi connectivity index (χ4v) is 5.51. The molecule has 0 saturated carbocycles. The lowest BCUT2D eigenvalue weighted by molar-refractivity contribution is -0.133. The molecule has 2 fully saturated rings. The maximum atomic E-state index is 12.8. The monoisotopic (exact) mass is 570 g/mol. The van der Waals surface area contributed by atoms with Gasteiger partial charge in [0.15, 0.2) is 5.13 Å². The number of aryl methyl sites for hydroxylation is 2. The number of benzene rings is 1. The predicted molar refractivity (Wildman–Crippen MR) is 152 cm³/mol. The number of amides is 2. The van der Waals surface area contributed by atoms with E-state index in [-0.39, 0.29) is 11.8 Å². The number of rotatable bonds is 7. The molecule has 2 N–H and O–H groups in total. The number of hydrogen-bond donors (Lipinski definition) is 2. The summed E-state index contributed by atoms with van der Waals surface area (Å²) >= 11 is 7.47. The van der Waals surface area contributed by atoms with Gasteiger partial charge in [-0.1, -0.05) is 35.1 Å². The van der Waals surface area contributed by atoms with E-state index in [4.69, 9.17) is 16.3 Å². The largest absolute Gasteiger partial charge is 0.379 e. The molecular formula is C26H31ClN8O3S. The van der Waals surface area contributed by atoms with Crippen LogP contribution in [-0.4, -0.2) is 95.6 Å². The van der Waals surface area contributed by atoms with E-state index in [0.29, 0.717) is 78.3 Å². The Bertz CT molecular complexity index is 1320. The van der Waals surface area contributed by atoms with Gasteiger partial charge in [0.2, 0.25) is 5.91 Å². The third kappa shape index (κ3) is 6.82. The van der Waals surface area contributed by atoms with Crippen LogP contribution in [0.15, 0.2) is 30.5 Å². The Morgan fingerprint density at radius 3 is 2.59 bits per heavy atom. The summed E-state index contributed by atoms with van der Waals surface area (Å²) in [5.74, 6) is 1.87. The highest BCUT2D eigenvalue weighted by molar-refractivity contribution is 7.17. The maximum absolute atomic E-state index is 12.8. The highest BCUT2D eigenvalue weighted by Crippen LogP contribution is 2.28. The van der Waals surface area contributed by atoms with Crippen molar-refractivity contribution >= 4 is 57.2 Å². The van der Waals surface area contributed by atoms with Crippen molar-refractivity contribution in [3.05, 3.63) is 51.7 Å². The van der Waals surface area contributed by atoms with E-state index >= 15 is 0 Å². The van der Waals surface area contributed by atoms with E-state index in [2.05, 4.69) is 35.4 Å². The first kappa shape index (κ1) is 27.3. The number of para-hydroxylation sites is 1. The lowest BCUT2D eigenvalue weighted by atomic mass is 10.2. The predicted octanol–water partition coefficient (Wildman–Crippen LogP) is 3.18. The number of piperazine rings is 1. The van der Waals surface area contributed by atoms with Crippen LogP contribution in [0.5, 0.6) is 0 Å². The van der Waals surface area contributed by atoms with Crippen molar-refractivity contribution < 1.29 is 14.3 Å². The molecule has 1 aromatic carbocycles. The first-order chi connectivity index (χ1) is 18.9. The summed E-state index contributed by atoms with van der Waals surface area (Å²) in [5.41, 5.74) is 1.47. The molecule has 39 heavy (non-hydrogen) atoms. The molecule has 0 aliphatic carbocycles. The molecule has 5 rings (SSSR count). The van der Waals surface area contributed by atoms with Crippen LogP contribution in [0.1, 0.15) is 21.1 Å². The minimum Gasteiger partial charge on any atom is -0.379 e. The zero-order chi connectivity index (χ0) is 27.4. The fraction of sp³-hybridized carbons (Fsp3) is 0.423. The lowest BCUT2D eigenvalue weighted by Gasteiger charge is -2.37. The Morgan fingerprint density at radius 1 is 1.08 bits per heavy atom. The molecule has 0 spiro atoms. The van der Waals surface area contributed by atoms with Gasteiger partial charge >= 0.3 is 0 Å². The Balaban J connectivity index is 1.18. The van der Waals surface area contributed by atoms with E-state index in [0.717, 1.165) is 24.5 Å². The number of thiazole rings is 1. The summed E-state index contributed by atoms with van der Waals surface area (Å²) in [5, 5.41) is 7.10. The van der Waals surface area contributed by atoms with Gasteiger partial charge in [-0.2, -0.15) is 0 Å². The van der Waals surface area contributed by atoms with Gasteiger partial charge in [-0.05, 0) is 25.5 Å². The van der Waals surface area contributed by atoms with Gasteiger partial charge in [-0.25, -0.2) is 15.0 Å². The SMILES string of the molecule is Cc1nc(Nc2ncc(C(=O)Nc3c(C)cccc3Cl)s2)cc(N2CCN(C(=O)CN3CCOCC3)CC2)n1. The Hall–Kier alpha value is -3.32. The van der Waals surface area contributed by atoms with Crippen LogP contribution < -0.4 is 15.5 Å². The second-order valence-electron chi connectivity index (χ2n) is 9.46. The smallest absolute Gasteiger partial charge is 0.267 e. The molecule has 206 valence electrons. The summed E-state index contributed by atoms with van der Waals surface area (Å²) < 4.78 is 5.37. The third-order valence-corrected chi connectivity index (χ3v) is 7.89. The van der Waals surface area contributed by atoms with Crippen molar-refractivity contribution in [1.82, 2.24) is 24.8 Å². The van der Waals surface area contributed by atoms with Crippen molar-refractivity contribution in [2.24, 2.45) is 0 Å². The molecule has 2 aliphatic rings. The van der Waals surface area contributed by atoms with E-state index in [1.54, 1.807) is 6.07 Å². The minimum absolute atomic E-state index is 0.158. The van der Waals surface area contributed by atoms with Gasteiger partial charge in [0.1, 0.15) is 22.3 Å². The van der Waals surface area contributed by atoms with Crippen LogP contribution in [0.2, 0.25) is 5.02 Å². The van der Waals surface area contributed by atoms with Crippen molar-refractivity contribution in [2.45, 2.75) is 13.8 Å². The van der Waals surface area contributed by atoms with Crippen molar-refractivity contribution in [1.29, 1.82) is 0 Å². The van der Waals surface area contributed by atoms with Gasteiger partial charge in [0.25, 0.3) is 5.91 Å². The van der Waals surface area contributed by atoms with Gasteiger partial charge in [0, 0.05) is 45.3 Å². The van der Waals surface area contributed by atoms with Crippen LogP contribution >= 0.6 is 22.9 Å². The molecule has 11 nitrogen and oxygen atoms in total. The zero-order valence-electron chi connectivity index (χ0n) is 21.9. The van der Waals surface area contributed by atoms with Crippen LogP contribution in [0.25, 0.3) is 0 Å². The second-order valence-corrected chi connectivity index (χ2v) is 10.9. The number of carbonyl (C=O) groups excluding carboxylic acids is 2. The van der Waals surface area contributed by atoms with E-state index in [1.807, 2.05) is 36.9 Å². The molecule has 0 bridgehead atoms. The van der Waals surface area contributed by atoms with Crippen molar-refractivity contribution in [3.8, 4) is 0 Å². The number of carbonyl (C=O) groups is 2. The average molecular weight is 571 g/mol. The highest BCUT2D eigenvalue weighted by atomic mass is 35.5. The summed E-state index contributed by atoms with van der Waals surface area (Å²) in [6, 6.07) is 7.33. The molecule has 2 saturated heterocycles. The summed E-state index contributed by atoms with van der Waals surface area (Å²) in [6.45, 7) is 9.79. The van der Waals surface area contributed by atoms with Crippen molar-refractivity contribution in [2.75, 3.05) is 74.6 Å². The van der Waals surface area contributed by atoms with Crippen molar-refractivity contribution in [3.63, 3.8) is 0 Å². The Morgan fingerprint density at radius 2 is 1.85 bits per heavy atom. The molecule has 2 aliphatic heterocycles. The molecule has 0 unspecified atom stereocenters. The van der Waals surface area contributed by atoms with Crippen LogP contribution in [-0.2, 0) is 9.53 Å². The fourth-order valence-electron chi connectivity index (χ4n) is 4.53. The van der Waals surface area contributed by atoms with E-state index in [9.17, 15) is 9.59 Å². The summed E-state index contributed by atoms with van der Waals surface area (Å²) in [7, 11) is 0. The lowest BCUT2D eigenvalue weighted by Crippen LogP contribution is -2.52. The Labute approximate surface area is 236 Å². The molecule has 0 atom stereocenters. The molecule has 3 aromatic rings. The summed E-state index contributed by atoms with van der Waals surface area (Å²) in [4.78, 5) is 45.7. The van der Waals surface area contributed by atoms with E-state index in [1.165, 1.54) is 17.5 Å².